The lowest BCUT2D eigenvalue weighted by atomic mass is 9.84. The van der Waals surface area contributed by atoms with Gasteiger partial charge in [0.05, 0.1) is 46.8 Å². The van der Waals surface area contributed by atoms with E-state index in [4.69, 9.17) is 23.7 Å². The van der Waals surface area contributed by atoms with Crippen molar-refractivity contribution in [3.63, 3.8) is 0 Å². The second-order valence-electron chi connectivity index (χ2n) is 7.69. The average Bonchev–Trinajstić information content (AvgIpc) is 3.36. The molecule has 0 unspecified atom stereocenters. The fraction of sp³-hybridized carbons (Fsp3) is 0.478. The Balaban J connectivity index is 1.63. The summed E-state index contributed by atoms with van der Waals surface area (Å²) >= 11 is 0. The van der Waals surface area contributed by atoms with E-state index in [1.807, 2.05) is 19.1 Å². The maximum absolute atomic E-state index is 10.3. The average molecular weight is 416 g/mol. The number of aryl methyl sites for hydroxylation is 1. The second kappa shape index (κ2) is 8.24. The Morgan fingerprint density at radius 1 is 0.767 bits per heavy atom. The molecule has 2 N–H and O–H groups in total. The summed E-state index contributed by atoms with van der Waals surface area (Å²) < 4.78 is 28.3. The van der Waals surface area contributed by atoms with E-state index < -0.39 is 0 Å². The summed E-state index contributed by atoms with van der Waals surface area (Å²) in [4.78, 5) is 0. The van der Waals surface area contributed by atoms with Gasteiger partial charge in [-0.2, -0.15) is 0 Å². The summed E-state index contributed by atoms with van der Waals surface area (Å²) in [5.74, 6) is 1.63. The van der Waals surface area contributed by atoms with Gasteiger partial charge >= 0.3 is 0 Å². The highest BCUT2D eigenvalue weighted by Gasteiger charge is 2.48. The van der Waals surface area contributed by atoms with Crippen LogP contribution in [-0.2, 0) is 15.9 Å². The third-order valence-electron chi connectivity index (χ3n) is 6.20. The maximum atomic E-state index is 10.3. The Hall–Kier alpha value is -2.64. The monoisotopic (exact) mass is 416 g/mol. The summed E-state index contributed by atoms with van der Waals surface area (Å²) in [7, 11) is 4.57. The number of benzene rings is 2. The molecule has 2 aliphatic rings. The molecule has 2 saturated heterocycles. The lowest BCUT2D eigenvalue weighted by Crippen LogP contribution is -2.15. The predicted molar refractivity (Wildman–Crippen MR) is 110 cm³/mol. The van der Waals surface area contributed by atoms with Crippen LogP contribution < -0.4 is 14.2 Å². The molecule has 162 valence electrons. The highest BCUT2D eigenvalue weighted by atomic mass is 16.5. The van der Waals surface area contributed by atoms with Crippen molar-refractivity contribution in [3.05, 3.63) is 41.0 Å². The first-order valence-corrected chi connectivity index (χ1v) is 10.1. The molecule has 0 spiro atoms. The van der Waals surface area contributed by atoms with Gasteiger partial charge in [-0.25, -0.2) is 0 Å². The van der Waals surface area contributed by atoms with Gasteiger partial charge in [-0.3, -0.25) is 0 Å². The normalized spacial score (nSPS) is 25.2. The molecule has 2 heterocycles. The van der Waals surface area contributed by atoms with Crippen LogP contribution in [0.4, 0.5) is 0 Å². The van der Waals surface area contributed by atoms with Crippen molar-refractivity contribution in [1.29, 1.82) is 0 Å². The van der Waals surface area contributed by atoms with Gasteiger partial charge in [0.15, 0.2) is 23.0 Å². The highest BCUT2D eigenvalue weighted by Crippen LogP contribution is 2.52. The van der Waals surface area contributed by atoms with E-state index >= 15 is 0 Å². The molecule has 0 saturated carbocycles. The largest absolute Gasteiger partial charge is 0.504 e. The summed E-state index contributed by atoms with van der Waals surface area (Å²) in [5, 5.41) is 20.5. The molecule has 2 aromatic rings. The van der Waals surface area contributed by atoms with Crippen LogP contribution in [0.5, 0.6) is 28.7 Å². The number of phenolic OH excluding ortho intramolecular Hbond substituents is 2. The van der Waals surface area contributed by atoms with Crippen LogP contribution in [0.3, 0.4) is 0 Å². The second-order valence-corrected chi connectivity index (χ2v) is 7.69. The van der Waals surface area contributed by atoms with Crippen LogP contribution in [-0.4, -0.2) is 44.8 Å². The van der Waals surface area contributed by atoms with Crippen molar-refractivity contribution in [3.8, 4) is 28.7 Å². The van der Waals surface area contributed by atoms with Crippen molar-refractivity contribution in [2.45, 2.75) is 25.6 Å². The van der Waals surface area contributed by atoms with Gasteiger partial charge in [-0.15, -0.1) is 0 Å². The van der Waals surface area contributed by atoms with Crippen LogP contribution in [0.15, 0.2) is 24.3 Å². The minimum Gasteiger partial charge on any atom is -0.504 e. The smallest absolute Gasteiger partial charge is 0.200 e. The lowest BCUT2D eigenvalue weighted by molar-refractivity contribution is 0.0190. The minimum atomic E-state index is -0.187. The SMILES string of the molecule is CCc1cc([C@@H]2OC[C@H]3[C@@H]2CO[C@@H]3c2cc(OC)c(O)c(OC)c2)cc(OC)c1O. The van der Waals surface area contributed by atoms with Crippen LogP contribution in [0.2, 0.25) is 0 Å². The number of rotatable bonds is 6. The molecule has 4 atom stereocenters. The number of hydrogen-bond donors (Lipinski definition) is 2. The van der Waals surface area contributed by atoms with Crippen LogP contribution in [0.1, 0.15) is 35.8 Å². The number of methoxy groups -OCH3 is 3. The predicted octanol–water partition coefficient (Wildman–Crippen LogP) is 3.76. The first-order chi connectivity index (χ1) is 14.5. The number of fused-ring (bicyclic) bond motifs is 1. The zero-order chi connectivity index (χ0) is 21.4. The Morgan fingerprint density at radius 3 is 1.63 bits per heavy atom. The summed E-state index contributed by atoms with van der Waals surface area (Å²) in [6, 6.07) is 7.42. The van der Waals surface area contributed by atoms with Crippen molar-refractivity contribution in [2.24, 2.45) is 11.8 Å². The number of hydrogen-bond acceptors (Lipinski definition) is 7. The van der Waals surface area contributed by atoms with E-state index in [0.717, 1.165) is 16.7 Å². The van der Waals surface area contributed by atoms with Crippen molar-refractivity contribution >= 4 is 0 Å². The van der Waals surface area contributed by atoms with Crippen molar-refractivity contribution in [1.82, 2.24) is 0 Å². The van der Waals surface area contributed by atoms with E-state index in [9.17, 15) is 10.2 Å². The van der Waals surface area contributed by atoms with Crippen molar-refractivity contribution in [2.75, 3.05) is 34.5 Å². The molecule has 0 aromatic heterocycles. The molecule has 7 heteroatoms. The van der Waals surface area contributed by atoms with E-state index in [2.05, 4.69) is 0 Å². The Bertz CT molecular complexity index is 800. The number of ether oxygens (including phenoxy) is 5. The van der Waals surface area contributed by atoms with Crippen LogP contribution >= 0.6 is 0 Å². The zero-order valence-electron chi connectivity index (χ0n) is 17.7. The standard InChI is InChI=1S/C23H28O7/c1-5-12-6-13(7-17(26-2)20(12)24)22-15-10-30-23(16(15)11-29-22)14-8-18(27-3)21(25)19(9-14)28-4/h6-9,15-16,22-25H,5,10-11H2,1-4H3/t15-,16-,22-,23+/m0/s1. The topological polar surface area (TPSA) is 86.6 Å². The van der Waals surface area contributed by atoms with Gasteiger partial charge < -0.3 is 33.9 Å². The fourth-order valence-corrected chi connectivity index (χ4v) is 4.59. The Labute approximate surface area is 176 Å². The fourth-order valence-electron chi connectivity index (χ4n) is 4.59. The molecule has 30 heavy (non-hydrogen) atoms. The molecular weight excluding hydrogens is 388 g/mol. The quantitative estimate of drug-likeness (QED) is 0.741. The first kappa shape index (κ1) is 20.6. The molecule has 2 aromatic carbocycles. The van der Waals surface area contributed by atoms with E-state index in [1.54, 1.807) is 19.2 Å². The van der Waals surface area contributed by atoms with Gasteiger partial charge in [0, 0.05) is 11.8 Å². The third-order valence-corrected chi connectivity index (χ3v) is 6.20. The maximum Gasteiger partial charge on any atom is 0.200 e. The minimum absolute atomic E-state index is 0.0258. The molecule has 0 amide bonds. The molecule has 2 fully saturated rings. The van der Waals surface area contributed by atoms with E-state index in [-0.39, 0.29) is 35.5 Å². The zero-order valence-corrected chi connectivity index (χ0v) is 17.7. The Morgan fingerprint density at radius 2 is 1.20 bits per heavy atom. The molecule has 4 rings (SSSR count). The summed E-state index contributed by atoms with van der Waals surface area (Å²) in [5.41, 5.74) is 2.70. The van der Waals surface area contributed by atoms with Crippen LogP contribution in [0, 0.1) is 11.8 Å². The van der Waals surface area contributed by atoms with Gasteiger partial charge in [0.2, 0.25) is 5.75 Å². The Kier molecular flexibility index (Phi) is 5.66. The van der Waals surface area contributed by atoms with Gasteiger partial charge in [0.1, 0.15) is 0 Å². The van der Waals surface area contributed by atoms with Gasteiger partial charge in [-0.05, 0) is 47.4 Å². The first-order valence-electron chi connectivity index (χ1n) is 10.1. The molecule has 0 radical (unpaired) electrons. The molecular formula is C23H28O7. The number of aromatic hydroxyl groups is 2. The summed E-state index contributed by atoms with van der Waals surface area (Å²) in [6.45, 7) is 3.10. The van der Waals surface area contributed by atoms with Gasteiger partial charge in [0.25, 0.3) is 0 Å². The third kappa shape index (κ3) is 3.32. The molecule has 0 bridgehead atoms. The number of phenols is 2. The summed E-state index contributed by atoms with van der Waals surface area (Å²) in [6.07, 6.45) is 0.372. The highest BCUT2D eigenvalue weighted by molar-refractivity contribution is 5.53. The van der Waals surface area contributed by atoms with Gasteiger partial charge in [-0.1, -0.05) is 6.92 Å². The van der Waals surface area contributed by atoms with E-state index in [1.165, 1.54) is 14.2 Å². The van der Waals surface area contributed by atoms with E-state index in [0.29, 0.717) is 36.9 Å². The molecule has 0 aliphatic carbocycles. The molecule has 2 aliphatic heterocycles. The van der Waals surface area contributed by atoms with Crippen molar-refractivity contribution < 1.29 is 33.9 Å². The van der Waals surface area contributed by atoms with Crippen LogP contribution in [0.25, 0.3) is 0 Å². The lowest BCUT2D eigenvalue weighted by Gasteiger charge is -2.19. The molecule has 7 nitrogen and oxygen atoms in total.